The van der Waals surface area contributed by atoms with Crippen molar-refractivity contribution in [3.8, 4) is 0 Å². The van der Waals surface area contributed by atoms with E-state index in [4.69, 9.17) is 0 Å². The fraction of sp³-hybridized carbons (Fsp3) is 1.00. The van der Waals surface area contributed by atoms with E-state index < -0.39 is 0 Å². The van der Waals surface area contributed by atoms with Crippen molar-refractivity contribution in [2.75, 3.05) is 0 Å². The fourth-order valence-electron chi connectivity index (χ4n) is 7.80. The van der Waals surface area contributed by atoms with Crippen molar-refractivity contribution in [1.29, 1.82) is 0 Å². The molecule has 3 unspecified atom stereocenters. The van der Waals surface area contributed by atoms with Gasteiger partial charge in [0, 0.05) is 0 Å². The van der Waals surface area contributed by atoms with E-state index in [9.17, 15) is 5.11 Å². The van der Waals surface area contributed by atoms with Crippen LogP contribution < -0.4 is 0 Å². The summed E-state index contributed by atoms with van der Waals surface area (Å²) in [6.07, 6.45) is 12.6. The molecule has 4 fully saturated rings. The van der Waals surface area contributed by atoms with Gasteiger partial charge in [0.25, 0.3) is 0 Å². The maximum Gasteiger partial charge on any atom is 0.0599 e. The van der Waals surface area contributed by atoms with Gasteiger partial charge in [-0.3, -0.25) is 0 Å². The van der Waals surface area contributed by atoms with Crippen molar-refractivity contribution < 1.29 is 5.11 Å². The molecule has 0 radical (unpaired) electrons. The average Bonchev–Trinajstić information content (AvgIpc) is 2.68. The molecule has 1 nitrogen and oxygen atoms in total. The average molecular weight is 290 g/mol. The van der Waals surface area contributed by atoms with E-state index in [2.05, 4.69) is 20.8 Å². The summed E-state index contributed by atoms with van der Waals surface area (Å²) < 4.78 is 0. The van der Waals surface area contributed by atoms with Crippen LogP contribution in [0.5, 0.6) is 0 Å². The van der Waals surface area contributed by atoms with Gasteiger partial charge in [0.2, 0.25) is 0 Å². The topological polar surface area (TPSA) is 20.2 Å². The Kier molecular flexibility index (Phi) is 3.27. The quantitative estimate of drug-likeness (QED) is 0.663. The molecule has 0 saturated heterocycles. The molecule has 4 rings (SSSR count). The highest BCUT2D eigenvalue weighted by Gasteiger charge is 2.61. The van der Waals surface area contributed by atoms with E-state index in [0.717, 1.165) is 36.0 Å². The highest BCUT2D eigenvalue weighted by Crippen LogP contribution is 2.67. The van der Waals surface area contributed by atoms with Gasteiger partial charge in [-0.25, -0.2) is 0 Å². The highest BCUT2D eigenvalue weighted by atomic mass is 16.3. The van der Waals surface area contributed by atoms with E-state index in [1.807, 2.05) is 0 Å². The Balaban J connectivity index is 1.67. The molecular formula is C20H34O. The first-order valence-electron chi connectivity index (χ1n) is 9.65. The Hall–Kier alpha value is -0.0400. The summed E-state index contributed by atoms with van der Waals surface area (Å²) in [4.78, 5) is 0. The smallest absolute Gasteiger partial charge is 0.0599 e. The normalized spacial score (nSPS) is 60.0. The number of rotatable bonds is 0. The van der Waals surface area contributed by atoms with Crippen molar-refractivity contribution in [3.63, 3.8) is 0 Å². The predicted molar refractivity (Wildman–Crippen MR) is 86.9 cm³/mol. The van der Waals surface area contributed by atoms with Crippen molar-refractivity contribution in [1.82, 2.24) is 0 Å². The lowest BCUT2D eigenvalue weighted by atomic mass is 9.44. The molecule has 0 spiro atoms. The molecule has 4 aliphatic carbocycles. The van der Waals surface area contributed by atoms with Gasteiger partial charge in [0.15, 0.2) is 0 Å². The number of aliphatic hydroxyl groups is 1. The van der Waals surface area contributed by atoms with Gasteiger partial charge in [-0.1, -0.05) is 33.6 Å². The van der Waals surface area contributed by atoms with Crippen LogP contribution in [-0.4, -0.2) is 11.2 Å². The first-order chi connectivity index (χ1) is 9.97. The summed E-state index contributed by atoms with van der Waals surface area (Å²) >= 11 is 0. The van der Waals surface area contributed by atoms with Crippen LogP contribution in [0.1, 0.15) is 78.6 Å². The predicted octanol–water partition coefficient (Wildman–Crippen LogP) is 5.03. The zero-order chi connectivity index (χ0) is 14.8. The second-order valence-corrected chi connectivity index (χ2v) is 9.60. The van der Waals surface area contributed by atoms with Gasteiger partial charge in [0.1, 0.15) is 0 Å². The molecule has 4 aliphatic rings. The van der Waals surface area contributed by atoms with E-state index in [-0.39, 0.29) is 11.5 Å². The minimum Gasteiger partial charge on any atom is -0.393 e. The van der Waals surface area contributed by atoms with E-state index in [0.29, 0.717) is 5.41 Å². The van der Waals surface area contributed by atoms with Crippen LogP contribution >= 0.6 is 0 Å². The zero-order valence-corrected chi connectivity index (χ0v) is 14.3. The monoisotopic (exact) mass is 290 g/mol. The van der Waals surface area contributed by atoms with Crippen LogP contribution in [0, 0.1) is 40.4 Å². The maximum atomic E-state index is 10.6. The minimum atomic E-state index is -0.0321. The third kappa shape index (κ3) is 1.85. The molecule has 1 heteroatoms. The number of hydrogen-bond donors (Lipinski definition) is 1. The van der Waals surface area contributed by atoms with Crippen LogP contribution in [0.3, 0.4) is 0 Å². The molecule has 0 aromatic heterocycles. The van der Waals surface area contributed by atoms with Gasteiger partial charge in [-0.2, -0.15) is 0 Å². The largest absolute Gasteiger partial charge is 0.393 e. The molecule has 1 N–H and O–H groups in total. The lowest BCUT2D eigenvalue weighted by Gasteiger charge is -2.60. The van der Waals surface area contributed by atoms with Gasteiger partial charge in [-0.15, -0.1) is 0 Å². The van der Waals surface area contributed by atoms with Crippen molar-refractivity contribution >= 4 is 0 Å². The van der Waals surface area contributed by atoms with Crippen LogP contribution in [0.2, 0.25) is 0 Å². The Morgan fingerprint density at radius 3 is 2.52 bits per heavy atom. The molecule has 0 aromatic carbocycles. The molecule has 0 aliphatic heterocycles. The molecule has 21 heavy (non-hydrogen) atoms. The van der Waals surface area contributed by atoms with Crippen LogP contribution in [-0.2, 0) is 0 Å². The SMILES string of the molecule is CC1CC(O)[C@@]2(C)CC[C@@H]3[C@@H](CCC4CCCC[C@@]43C)[C@H]12. The van der Waals surface area contributed by atoms with Gasteiger partial charge < -0.3 is 5.11 Å². The fourth-order valence-corrected chi connectivity index (χ4v) is 7.80. The third-order valence-electron chi connectivity index (χ3n) is 8.85. The van der Waals surface area contributed by atoms with Gasteiger partial charge in [0.05, 0.1) is 6.10 Å². The van der Waals surface area contributed by atoms with E-state index in [1.54, 1.807) is 0 Å². The summed E-state index contributed by atoms with van der Waals surface area (Å²) in [5, 5.41) is 10.6. The first kappa shape index (κ1) is 14.5. The van der Waals surface area contributed by atoms with Crippen LogP contribution in [0.4, 0.5) is 0 Å². The standard InChI is InChI=1S/C20H34O/c1-13-12-17(21)20(3)11-9-16-15(18(13)20)8-7-14-6-4-5-10-19(14,16)2/h13-18,21H,4-12H2,1-3H3/t13?,14?,15-,16-,17?,18+,19+,20-/m1/s1. The molecule has 120 valence electrons. The number of hydrogen-bond acceptors (Lipinski definition) is 1. The Morgan fingerprint density at radius 2 is 1.71 bits per heavy atom. The molecule has 4 saturated carbocycles. The second-order valence-electron chi connectivity index (χ2n) is 9.60. The Morgan fingerprint density at radius 1 is 0.905 bits per heavy atom. The van der Waals surface area contributed by atoms with Crippen LogP contribution in [0.15, 0.2) is 0 Å². The first-order valence-corrected chi connectivity index (χ1v) is 9.65. The lowest BCUT2D eigenvalue weighted by Crippen LogP contribution is -2.54. The molecular weight excluding hydrogens is 256 g/mol. The summed E-state index contributed by atoms with van der Waals surface area (Å²) in [7, 11) is 0. The Labute approximate surface area is 130 Å². The van der Waals surface area contributed by atoms with Crippen molar-refractivity contribution in [2.24, 2.45) is 40.4 Å². The maximum absolute atomic E-state index is 10.6. The molecule has 0 aromatic rings. The summed E-state index contributed by atoms with van der Waals surface area (Å²) in [6, 6.07) is 0. The summed E-state index contributed by atoms with van der Waals surface area (Å²) in [5.74, 6) is 4.42. The van der Waals surface area contributed by atoms with Crippen LogP contribution in [0.25, 0.3) is 0 Å². The third-order valence-corrected chi connectivity index (χ3v) is 8.85. The van der Waals surface area contributed by atoms with Gasteiger partial charge in [-0.05, 0) is 85.4 Å². The minimum absolute atomic E-state index is 0.0321. The van der Waals surface area contributed by atoms with Crippen molar-refractivity contribution in [2.45, 2.75) is 84.7 Å². The second kappa shape index (κ2) is 4.73. The number of fused-ring (bicyclic) bond motifs is 5. The molecule has 0 amide bonds. The molecule has 0 bridgehead atoms. The van der Waals surface area contributed by atoms with E-state index in [1.165, 1.54) is 51.4 Å². The summed E-state index contributed by atoms with van der Waals surface area (Å²) in [5.41, 5.74) is 0.869. The zero-order valence-electron chi connectivity index (χ0n) is 14.3. The van der Waals surface area contributed by atoms with Gasteiger partial charge >= 0.3 is 0 Å². The summed E-state index contributed by atoms with van der Waals surface area (Å²) in [6.45, 7) is 7.49. The Bertz CT molecular complexity index is 418. The molecule has 0 heterocycles. The lowest BCUT2D eigenvalue weighted by molar-refractivity contribution is -0.126. The van der Waals surface area contributed by atoms with E-state index >= 15 is 0 Å². The van der Waals surface area contributed by atoms with Crippen molar-refractivity contribution in [3.05, 3.63) is 0 Å². The number of aliphatic hydroxyl groups excluding tert-OH is 1. The molecule has 8 atom stereocenters. The highest BCUT2D eigenvalue weighted by molar-refractivity contribution is 5.10.